The number of piperazine rings is 1. The molecule has 0 spiro atoms. The summed E-state index contributed by atoms with van der Waals surface area (Å²) in [5.74, 6) is -0.0842. The van der Waals surface area contributed by atoms with E-state index in [1.165, 1.54) is 6.07 Å². The van der Waals surface area contributed by atoms with Crippen molar-refractivity contribution in [1.82, 2.24) is 19.4 Å². The molecule has 2 aromatic carbocycles. The number of aromatic nitrogens is 3. The van der Waals surface area contributed by atoms with E-state index in [0.29, 0.717) is 44.2 Å². The number of halogens is 1. The van der Waals surface area contributed by atoms with Gasteiger partial charge in [0.2, 0.25) is 0 Å². The summed E-state index contributed by atoms with van der Waals surface area (Å²) in [7, 11) is 1.63. The van der Waals surface area contributed by atoms with Crippen molar-refractivity contribution in [1.29, 1.82) is 5.26 Å². The fourth-order valence-corrected chi connectivity index (χ4v) is 5.00. The smallest absolute Gasteiger partial charge is 0.335 e. The van der Waals surface area contributed by atoms with Crippen LogP contribution in [0, 0.1) is 17.1 Å². The van der Waals surface area contributed by atoms with E-state index in [1.807, 2.05) is 4.57 Å². The molecule has 0 bridgehead atoms. The topological polar surface area (TPSA) is 117 Å². The molecule has 1 saturated heterocycles. The lowest BCUT2D eigenvalue weighted by molar-refractivity contribution is 0.0697. The van der Waals surface area contributed by atoms with E-state index in [9.17, 15) is 14.3 Å². The van der Waals surface area contributed by atoms with E-state index in [2.05, 4.69) is 27.8 Å². The van der Waals surface area contributed by atoms with Gasteiger partial charge >= 0.3 is 5.97 Å². The third-order valence-electron chi connectivity index (χ3n) is 7.28. The van der Waals surface area contributed by atoms with Crippen molar-refractivity contribution in [2.75, 3.05) is 38.3 Å². The average Bonchev–Trinajstić information content (AvgIpc) is 3.32. The summed E-state index contributed by atoms with van der Waals surface area (Å²) in [5, 5.41) is 18.4. The molecule has 10 nitrogen and oxygen atoms in total. The largest absolute Gasteiger partial charge is 0.478 e. The number of ether oxygens (including phenoxy) is 2. The first-order valence-electron chi connectivity index (χ1n) is 13.3. The zero-order valence-electron chi connectivity index (χ0n) is 23.0. The van der Waals surface area contributed by atoms with Gasteiger partial charge in [-0.1, -0.05) is 12.1 Å². The molecule has 0 amide bonds. The number of anilines is 1. The lowest BCUT2D eigenvalue weighted by atomic mass is 10.2. The number of pyridine rings is 1. The number of fused-ring (bicyclic) bond motifs is 1. The number of hydrogen-bond donors (Lipinski definition) is 1. The Labute approximate surface area is 237 Å². The number of carbonyl (C=O) groups is 1. The number of carboxylic acids is 1. The van der Waals surface area contributed by atoms with Crippen molar-refractivity contribution in [3.63, 3.8) is 0 Å². The van der Waals surface area contributed by atoms with Crippen LogP contribution in [0.15, 0.2) is 54.6 Å². The molecule has 212 valence electrons. The van der Waals surface area contributed by atoms with Crippen LogP contribution in [0.1, 0.15) is 34.2 Å². The van der Waals surface area contributed by atoms with Crippen LogP contribution in [-0.4, -0.2) is 69.9 Å². The Kier molecular flexibility index (Phi) is 8.42. The van der Waals surface area contributed by atoms with E-state index in [4.69, 9.17) is 19.7 Å². The normalized spacial score (nSPS) is 15.7. The summed E-state index contributed by atoms with van der Waals surface area (Å²) in [4.78, 5) is 25.3. The van der Waals surface area contributed by atoms with Crippen molar-refractivity contribution < 1.29 is 23.8 Å². The predicted octanol–water partition coefficient (Wildman–Crippen LogP) is 4.08. The highest BCUT2D eigenvalue weighted by atomic mass is 19.1. The Balaban J connectivity index is 1.27. The Hall–Kier alpha value is -4.53. The van der Waals surface area contributed by atoms with Crippen LogP contribution in [0.3, 0.4) is 0 Å². The van der Waals surface area contributed by atoms with Crippen molar-refractivity contribution in [3.05, 3.63) is 82.9 Å². The standard InChI is InChI=1S/C30H31FN6O4/c1-20-17-36(27-10-8-24(31)29(34-27)41-19-22-5-3-21(16-32)4-6-22)12-11-35(20)18-28-33-25-9-7-23(30(38)39)15-26(25)37(28)13-14-40-2/h3-10,15,20H,11-14,17-19H2,1-2H3,(H,38,39)/t20-/m0/s1. The van der Waals surface area contributed by atoms with Gasteiger partial charge in [-0.05, 0) is 55.0 Å². The first kappa shape index (κ1) is 28.0. The maximum Gasteiger partial charge on any atom is 0.335 e. The highest BCUT2D eigenvalue weighted by Crippen LogP contribution is 2.25. The molecule has 3 heterocycles. The first-order valence-corrected chi connectivity index (χ1v) is 13.3. The molecule has 0 saturated carbocycles. The molecule has 4 aromatic rings. The van der Waals surface area contributed by atoms with Crippen LogP contribution in [0.4, 0.5) is 10.2 Å². The summed E-state index contributed by atoms with van der Waals surface area (Å²) in [6, 6.07) is 17.2. The van der Waals surface area contributed by atoms with E-state index >= 15 is 0 Å². The average molecular weight is 559 g/mol. The molecule has 0 unspecified atom stereocenters. The summed E-state index contributed by atoms with van der Waals surface area (Å²) in [6.07, 6.45) is 0. The lowest BCUT2D eigenvalue weighted by Crippen LogP contribution is -2.52. The Bertz CT molecular complexity index is 1580. The molecule has 2 aromatic heterocycles. The number of benzene rings is 2. The quantitative estimate of drug-likeness (QED) is 0.307. The van der Waals surface area contributed by atoms with E-state index < -0.39 is 11.8 Å². The number of nitriles is 1. The van der Waals surface area contributed by atoms with Gasteiger partial charge < -0.3 is 24.0 Å². The van der Waals surface area contributed by atoms with Gasteiger partial charge in [-0.15, -0.1) is 0 Å². The molecule has 41 heavy (non-hydrogen) atoms. The van der Waals surface area contributed by atoms with Gasteiger partial charge in [-0.3, -0.25) is 4.90 Å². The number of nitrogens with zero attached hydrogens (tertiary/aromatic N) is 6. The summed E-state index contributed by atoms with van der Waals surface area (Å²) >= 11 is 0. The van der Waals surface area contributed by atoms with Crippen LogP contribution < -0.4 is 9.64 Å². The predicted molar refractivity (Wildman–Crippen MR) is 150 cm³/mol. The van der Waals surface area contributed by atoms with Crippen LogP contribution in [-0.2, 0) is 24.4 Å². The summed E-state index contributed by atoms with van der Waals surface area (Å²) in [5.41, 5.74) is 3.10. The van der Waals surface area contributed by atoms with Crippen LogP contribution >= 0.6 is 0 Å². The molecular formula is C30H31FN6O4. The minimum absolute atomic E-state index is 0.0606. The van der Waals surface area contributed by atoms with Crippen molar-refractivity contribution in [2.24, 2.45) is 0 Å². The molecule has 0 radical (unpaired) electrons. The van der Waals surface area contributed by atoms with Gasteiger partial charge in [0, 0.05) is 39.3 Å². The molecule has 5 rings (SSSR count). The molecule has 0 aliphatic carbocycles. The fraction of sp³-hybridized carbons (Fsp3) is 0.333. The van der Waals surface area contributed by atoms with E-state index in [0.717, 1.165) is 29.0 Å². The first-order chi connectivity index (χ1) is 19.9. The molecule has 1 aliphatic heterocycles. The van der Waals surface area contributed by atoms with Crippen molar-refractivity contribution in [3.8, 4) is 11.9 Å². The minimum atomic E-state index is -0.977. The molecule has 11 heteroatoms. The zero-order chi connectivity index (χ0) is 28.9. The zero-order valence-corrected chi connectivity index (χ0v) is 23.0. The third kappa shape index (κ3) is 6.29. The third-order valence-corrected chi connectivity index (χ3v) is 7.28. The van der Waals surface area contributed by atoms with Crippen LogP contribution in [0.25, 0.3) is 11.0 Å². The number of aromatic carboxylic acids is 1. The molecule has 1 fully saturated rings. The molecule has 1 N–H and O–H groups in total. The van der Waals surface area contributed by atoms with Gasteiger partial charge in [0.1, 0.15) is 18.2 Å². The molecule has 1 aliphatic rings. The number of carboxylic acid groups (broad SMARTS) is 1. The lowest BCUT2D eigenvalue weighted by Gasteiger charge is -2.40. The number of imidazole rings is 1. The van der Waals surface area contributed by atoms with Crippen molar-refractivity contribution in [2.45, 2.75) is 32.7 Å². The van der Waals surface area contributed by atoms with Crippen LogP contribution in [0.5, 0.6) is 5.88 Å². The SMILES string of the molecule is COCCn1c(CN2CCN(c3ccc(F)c(OCc4ccc(C#N)cc4)n3)C[C@@H]2C)nc2ccc(C(=O)O)cc21. The number of rotatable bonds is 10. The van der Waals surface area contributed by atoms with Gasteiger partial charge in [-0.25, -0.2) is 14.2 Å². The Morgan fingerprint density at radius 3 is 2.66 bits per heavy atom. The second-order valence-electron chi connectivity index (χ2n) is 10.0. The minimum Gasteiger partial charge on any atom is -0.478 e. The molecule has 1 atom stereocenters. The van der Waals surface area contributed by atoms with Gasteiger partial charge in [0.05, 0.1) is 41.4 Å². The van der Waals surface area contributed by atoms with Crippen molar-refractivity contribution >= 4 is 22.8 Å². The van der Waals surface area contributed by atoms with E-state index in [1.54, 1.807) is 55.6 Å². The summed E-state index contributed by atoms with van der Waals surface area (Å²) < 4.78 is 27.5. The second-order valence-corrected chi connectivity index (χ2v) is 10.0. The van der Waals surface area contributed by atoms with Crippen LogP contribution in [0.2, 0.25) is 0 Å². The maximum absolute atomic E-state index is 14.5. The number of hydrogen-bond acceptors (Lipinski definition) is 8. The maximum atomic E-state index is 14.5. The highest BCUT2D eigenvalue weighted by molar-refractivity contribution is 5.92. The van der Waals surface area contributed by atoms with Gasteiger partial charge in [0.15, 0.2) is 5.82 Å². The molecular weight excluding hydrogens is 527 g/mol. The van der Waals surface area contributed by atoms with Gasteiger partial charge in [0.25, 0.3) is 5.88 Å². The fourth-order valence-electron chi connectivity index (χ4n) is 5.00. The Morgan fingerprint density at radius 1 is 1.15 bits per heavy atom. The highest BCUT2D eigenvalue weighted by Gasteiger charge is 2.27. The number of methoxy groups -OCH3 is 1. The van der Waals surface area contributed by atoms with Gasteiger partial charge in [-0.2, -0.15) is 10.2 Å². The van der Waals surface area contributed by atoms with E-state index in [-0.39, 0.29) is 24.1 Å². The monoisotopic (exact) mass is 558 g/mol. The Morgan fingerprint density at radius 2 is 1.95 bits per heavy atom. The second kappa shape index (κ2) is 12.3. The summed E-state index contributed by atoms with van der Waals surface area (Å²) in [6.45, 7) is 5.98.